The minimum absolute atomic E-state index is 0.0645. The molecule has 0 radical (unpaired) electrons. The van der Waals surface area contributed by atoms with Crippen LogP contribution in [-0.2, 0) is 23.9 Å². The number of nitrogens with one attached hydrogen (secondary N) is 4. The molecule has 0 aliphatic rings. The molecule has 11 nitrogen and oxygen atoms in total. The highest BCUT2D eigenvalue weighted by molar-refractivity contribution is 8.00. The van der Waals surface area contributed by atoms with Gasteiger partial charge in [0.25, 0.3) is 5.91 Å². The first-order valence-electron chi connectivity index (χ1n) is 19.4. The maximum Gasteiger partial charge on any atom is 0.251 e. The fourth-order valence-corrected chi connectivity index (χ4v) is 6.14. The molecule has 316 valence electrons. The topological polar surface area (TPSA) is 160 Å². The van der Waals surface area contributed by atoms with Crippen molar-refractivity contribution in [2.45, 2.75) is 137 Å². The number of hydrogen-bond acceptors (Lipinski definition) is 10. The number of thioether (sulfide) groups is 2. The molecule has 0 spiro atoms. The van der Waals surface area contributed by atoms with E-state index in [1.165, 1.54) is 0 Å². The molecule has 0 aliphatic carbocycles. The van der Waals surface area contributed by atoms with Crippen LogP contribution in [0.1, 0.15) is 130 Å². The molecule has 1 unspecified atom stereocenters. The fraction of sp³-hybridized carbons (Fsp3) is 0.714. The monoisotopic (exact) mass is 810 g/mol. The van der Waals surface area contributed by atoms with Crippen LogP contribution in [0.25, 0.3) is 0 Å². The van der Waals surface area contributed by atoms with Crippen molar-refractivity contribution in [1.82, 2.24) is 21.3 Å². The number of ether oxygens (including phenoxy) is 1. The van der Waals surface area contributed by atoms with E-state index in [0.29, 0.717) is 47.6 Å². The summed E-state index contributed by atoms with van der Waals surface area (Å²) in [6, 6.07) is 6.39. The van der Waals surface area contributed by atoms with Crippen molar-refractivity contribution < 1.29 is 33.5 Å². The number of benzene rings is 1. The van der Waals surface area contributed by atoms with E-state index in [1.54, 1.807) is 61.8 Å². The molecule has 1 atom stereocenters. The molecule has 3 amide bonds. The molecule has 13 heteroatoms. The molecular formula is C42H74N4O7S2. The van der Waals surface area contributed by atoms with Crippen LogP contribution in [-0.4, -0.2) is 102 Å². The highest BCUT2D eigenvalue weighted by Crippen LogP contribution is 2.24. The first-order chi connectivity index (χ1) is 25.4. The van der Waals surface area contributed by atoms with Crippen LogP contribution in [0.5, 0.6) is 0 Å². The SMILES string of the molecule is CC(C)SCC(CSC(C)C)C(=O)c1ccc(C(=O)NCC(=O)NC(C)(C)CCOC(C)(C)C)cc1.CCC(=O)NC(C=O)C(C)C.CNCC(=O)C(C)C. The van der Waals surface area contributed by atoms with E-state index < -0.39 is 5.54 Å². The first kappa shape index (κ1) is 54.4. The van der Waals surface area contributed by atoms with Crippen LogP contribution < -0.4 is 21.3 Å². The van der Waals surface area contributed by atoms with Gasteiger partial charge in [0, 0.05) is 53.0 Å². The van der Waals surface area contributed by atoms with Gasteiger partial charge in [0.1, 0.15) is 12.1 Å². The normalized spacial score (nSPS) is 12.1. The highest BCUT2D eigenvalue weighted by atomic mass is 32.2. The lowest BCUT2D eigenvalue weighted by atomic mass is 9.99. The van der Waals surface area contributed by atoms with E-state index in [0.717, 1.165) is 17.8 Å². The number of hydrogen-bond donors (Lipinski definition) is 4. The Bertz CT molecular complexity index is 1280. The smallest absolute Gasteiger partial charge is 0.251 e. The molecule has 0 saturated heterocycles. The first-order valence-corrected chi connectivity index (χ1v) is 21.5. The van der Waals surface area contributed by atoms with E-state index in [2.05, 4.69) is 49.0 Å². The summed E-state index contributed by atoms with van der Waals surface area (Å²) in [6.45, 7) is 28.7. The maximum atomic E-state index is 13.1. The largest absolute Gasteiger partial charge is 0.376 e. The third kappa shape index (κ3) is 28.3. The van der Waals surface area contributed by atoms with Gasteiger partial charge in [0.2, 0.25) is 11.8 Å². The van der Waals surface area contributed by atoms with Crippen molar-refractivity contribution >= 4 is 59.1 Å². The summed E-state index contributed by atoms with van der Waals surface area (Å²) < 4.78 is 5.74. The van der Waals surface area contributed by atoms with Gasteiger partial charge in [-0.25, -0.2) is 0 Å². The van der Waals surface area contributed by atoms with Gasteiger partial charge in [-0.1, -0.05) is 74.4 Å². The third-order valence-corrected chi connectivity index (χ3v) is 10.2. The molecule has 0 saturated carbocycles. The Hall–Kier alpha value is -2.74. The maximum absolute atomic E-state index is 13.1. The number of amides is 3. The second kappa shape index (κ2) is 28.6. The number of carbonyl (C=O) groups is 6. The van der Waals surface area contributed by atoms with Crippen molar-refractivity contribution in [3.05, 3.63) is 35.4 Å². The molecular weight excluding hydrogens is 737 g/mol. The number of aldehydes is 1. The minimum Gasteiger partial charge on any atom is -0.376 e. The Morgan fingerprint density at radius 2 is 1.29 bits per heavy atom. The average Bonchev–Trinajstić information content (AvgIpc) is 3.08. The van der Waals surface area contributed by atoms with Crippen LogP contribution in [0.3, 0.4) is 0 Å². The van der Waals surface area contributed by atoms with Crippen molar-refractivity contribution in [3.63, 3.8) is 0 Å². The lowest BCUT2D eigenvalue weighted by molar-refractivity contribution is -0.124. The summed E-state index contributed by atoms with van der Waals surface area (Å²) >= 11 is 3.59. The van der Waals surface area contributed by atoms with E-state index in [4.69, 9.17) is 4.74 Å². The van der Waals surface area contributed by atoms with Crippen molar-refractivity contribution in [2.24, 2.45) is 17.8 Å². The zero-order chi connectivity index (χ0) is 42.9. The zero-order valence-electron chi connectivity index (χ0n) is 36.5. The van der Waals surface area contributed by atoms with E-state index >= 15 is 0 Å². The molecule has 4 N–H and O–H groups in total. The Labute approximate surface area is 341 Å². The summed E-state index contributed by atoms with van der Waals surface area (Å²) in [4.78, 5) is 70.0. The fourth-order valence-electron chi connectivity index (χ4n) is 4.22. The molecule has 0 fully saturated rings. The lowest BCUT2D eigenvalue weighted by Gasteiger charge is -2.28. The molecule has 55 heavy (non-hydrogen) atoms. The van der Waals surface area contributed by atoms with E-state index in [-0.39, 0.29) is 65.2 Å². The van der Waals surface area contributed by atoms with Gasteiger partial charge in [-0.05, 0) is 76.6 Å². The van der Waals surface area contributed by atoms with Gasteiger partial charge in [-0.3, -0.25) is 24.0 Å². The molecule has 0 aromatic heterocycles. The van der Waals surface area contributed by atoms with Crippen LogP contribution in [0.2, 0.25) is 0 Å². The Morgan fingerprint density at radius 3 is 1.67 bits per heavy atom. The molecule has 0 aliphatic heterocycles. The minimum atomic E-state index is -0.451. The van der Waals surface area contributed by atoms with Crippen LogP contribution in [0, 0.1) is 17.8 Å². The van der Waals surface area contributed by atoms with Crippen LogP contribution in [0.4, 0.5) is 0 Å². The Kier molecular flexibility index (Phi) is 28.3. The van der Waals surface area contributed by atoms with Gasteiger partial charge in [0.05, 0.1) is 24.7 Å². The van der Waals surface area contributed by atoms with E-state index in [1.807, 2.05) is 62.3 Å². The molecule has 1 aromatic carbocycles. The number of likely N-dealkylation sites (N-methyl/N-ethyl adjacent to an activating group) is 1. The molecule has 0 heterocycles. The number of ketones is 2. The van der Waals surface area contributed by atoms with Gasteiger partial charge in [-0.15, -0.1) is 0 Å². The van der Waals surface area contributed by atoms with Gasteiger partial charge >= 0.3 is 0 Å². The molecule has 0 bridgehead atoms. The number of carbonyl (C=O) groups excluding carboxylic acids is 6. The number of rotatable bonds is 22. The third-order valence-electron chi connectivity index (χ3n) is 7.72. The van der Waals surface area contributed by atoms with Gasteiger partial charge in [-0.2, -0.15) is 23.5 Å². The molecule has 1 rings (SSSR count). The lowest BCUT2D eigenvalue weighted by Crippen LogP contribution is -2.48. The van der Waals surface area contributed by atoms with Crippen LogP contribution >= 0.6 is 23.5 Å². The molecule has 1 aromatic rings. The quantitative estimate of drug-likeness (QED) is 0.0728. The summed E-state index contributed by atoms with van der Waals surface area (Å²) in [5.74, 6) is 1.54. The summed E-state index contributed by atoms with van der Waals surface area (Å²) in [7, 11) is 1.78. The summed E-state index contributed by atoms with van der Waals surface area (Å²) in [6.07, 6.45) is 1.86. The van der Waals surface area contributed by atoms with E-state index in [9.17, 15) is 28.8 Å². The number of Topliss-reactive ketones (excluding diaryl/α,β-unsaturated/α-hetero) is 2. The highest BCUT2D eigenvalue weighted by Gasteiger charge is 2.24. The summed E-state index contributed by atoms with van der Waals surface area (Å²) in [5, 5.41) is 12.0. The predicted molar refractivity (Wildman–Crippen MR) is 231 cm³/mol. The second-order valence-corrected chi connectivity index (χ2v) is 19.4. The predicted octanol–water partition coefficient (Wildman–Crippen LogP) is 6.77. The standard InChI is InChI=1S/C28H46N2O4S2.C8H15NO2.C6H13NO/c1-19(2)35-17-23(18-36-20(3)4)25(32)21-10-12-22(13-11-21)26(33)29-16-24(31)30-28(8,9)14-15-34-27(5,6)7;1-4-8(11)9-7(5-10)6(2)3;1-5(2)6(8)4-7-3/h10-13,19-20,23H,14-18H2,1-9H3,(H,29,33)(H,30,31);5-7H,4H2,1-3H3,(H,9,11);5,7H,4H2,1-3H3. The Morgan fingerprint density at radius 1 is 0.782 bits per heavy atom. The average molecular weight is 811 g/mol. The van der Waals surface area contributed by atoms with Gasteiger partial charge < -0.3 is 30.8 Å². The van der Waals surface area contributed by atoms with Crippen molar-refractivity contribution in [1.29, 1.82) is 0 Å². The Balaban J connectivity index is 0. The summed E-state index contributed by atoms with van der Waals surface area (Å²) in [5.41, 5.74) is 0.354. The van der Waals surface area contributed by atoms with Crippen LogP contribution in [0.15, 0.2) is 24.3 Å². The zero-order valence-corrected chi connectivity index (χ0v) is 38.1. The van der Waals surface area contributed by atoms with Crippen molar-refractivity contribution in [2.75, 3.05) is 38.2 Å². The van der Waals surface area contributed by atoms with Gasteiger partial charge in [0.15, 0.2) is 5.78 Å². The van der Waals surface area contributed by atoms with Crippen molar-refractivity contribution in [3.8, 4) is 0 Å². The second-order valence-electron chi connectivity index (χ2n) is 16.2.